The number of hydrogen-bond donors (Lipinski definition) is 2. The maximum absolute atomic E-state index is 9.86. The third-order valence-corrected chi connectivity index (χ3v) is 4.86. The molecule has 0 unspecified atom stereocenters. The van der Waals surface area contributed by atoms with Crippen LogP contribution in [0.1, 0.15) is 39.3 Å². The van der Waals surface area contributed by atoms with Crippen LogP contribution in [0.2, 0.25) is 0 Å². The molecule has 0 saturated carbocycles. The number of ether oxygens (including phenoxy) is 1. The van der Waals surface area contributed by atoms with Crippen LogP contribution in [0.15, 0.2) is 48.5 Å². The summed E-state index contributed by atoms with van der Waals surface area (Å²) in [6, 6.07) is 14.9. The molecule has 0 fully saturated rings. The molecular formula is C22H20O3. The minimum atomic E-state index is 0.000509. The normalized spacial score (nSPS) is 13.1. The highest BCUT2D eigenvalue weighted by Crippen LogP contribution is 2.50. The molecule has 126 valence electrons. The largest absolute Gasteiger partial charge is 0.508 e. The van der Waals surface area contributed by atoms with Crippen LogP contribution in [0, 0.1) is 20.8 Å². The lowest BCUT2D eigenvalue weighted by Crippen LogP contribution is -2.14. The third-order valence-electron chi connectivity index (χ3n) is 4.86. The summed E-state index contributed by atoms with van der Waals surface area (Å²) in [4.78, 5) is 0. The summed E-state index contributed by atoms with van der Waals surface area (Å²) in [6.45, 7) is 6.36. The van der Waals surface area contributed by atoms with Gasteiger partial charge in [-0.15, -0.1) is 0 Å². The SMILES string of the molecule is Cc1cc(C)c(C2c3ccc(O)cc3Oc3cc(O)ccc32)c(C)c1. The van der Waals surface area contributed by atoms with Gasteiger partial charge in [0.15, 0.2) is 0 Å². The molecule has 3 nitrogen and oxygen atoms in total. The van der Waals surface area contributed by atoms with E-state index >= 15 is 0 Å². The van der Waals surface area contributed by atoms with Gasteiger partial charge in [-0.25, -0.2) is 0 Å². The molecule has 3 heteroatoms. The summed E-state index contributed by atoms with van der Waals surface area (Å²) >= 11 is 0. The van der Waals surface area contributed by atoms with E-state index in [1.54, 1.807) is 24.3 Å². The fourth-order valence-corrected chi connectivity index (χ4v) is 3.94. The van der Waals surface area contributed by atoms with Gasteiger partial charge in [-0.3, -0.25) is 0 Å². The van der Waals surface area contributed by atoms with Gasteiger partial charge >= 0.3 is 0 Å². The summed E-state index contributed by atoms with van der Waals surface area (Å²) in [5, 5.41) is 19.7. The lowest BCUT2D eigenvalue weighted by Gasteiger charge is -2.31. The Morgan fingerprint density at radius 3 is 1.68 bits per heavy atom. The number of phenols is 2. The van der Waals surface area contributed by atoms with E-state index in [2.05, 4.69) is 32.9 Å². The van der Waals surface area contributed by atoms with Crippen LogP contribution in [-0.4, -0.2) is 10.2 Å². The summed E-state index contributed by atoms with van der Waals surface area (Å²) in [6.07, 6.45) is 0. The molecule has 0 amide bonds. The average molecular weight is 332 g/mol. The number of hydrogen-bond acceptors (Lipinski definition) is 3. The fraction of sp³-hybridized carbons (Fsp3) is 0.182. The summed E-state index contributed by atoms with van der Waals surface area (Å²) in [5.74, 6) is 1.59. The molecule has 2 N–H and O–H groups in total. The standard InChI is InChI=1S/C22H20O3/c1-12-8-13(2)21(14(3)9-12)22-17-6-4-15(23)10-19(17)25-20-11-16(24)5-7-18(20)22/h4-11,22-24H,1-3H3. The lowest BCUT2D eigenvalue weighted by atomic mass is 9.78. The van der Waals surface area contributed by atoms with Gasteiger partial charge < -0.3 is 14.9 Å². The van der Waals surface area contributed by atoms with Crippen molar-refractivity contribution in [3.05, 3.63) is 81.9 Å². The monoisotopic (exact) mass is 332 g/mol. The van der Waals surface area contributed by atoms with Gasteiger partial charge in [-0.2, -0.15) is 0 Å². The third kappa shape index (κ3) is 2.52. The quantitative estimate of drug-likeness (QED) is 0.497. The van der Waals surface area contributed by atoms with Gasteiger partial charge in [0.1, 0.15) is 23.0 Å². The molecule has 0 saturated heterocycles. The maximum Gasteiger partial charge on any atom is 0.135 e. The fourth-order valence-electron chi connectivity index (χ4n) is 3.94. The van der Waals surface area contributed by atoms with Gasteiger partial charge in [0.2, 0.25) is 0 Å². The lowest BCUT2D eigenvalue weighted by molar-refractivity contribution is 0.428. The molecule has 3 aromatic carbocycles. The summed E-state index contributed by atoms with van der Waals surface area (Å²) < 4.78 is 5.97. The molecule has 3 aromatic rings. The maximum atomic E-state index is 9.86. The molecule has 1 aliphatic heterocycles. The van der Waals surface area contributed by atoms with Crippen molar-refractivity contribution in [3.8, 4) is 23.0 Å². The van der Waals surface area contributed by atoms with Crippen molar-refractivity contribution in [2.24, 2.45) is 0 Å². The topological polar surface area (TPSA) is 49.7 Å². The summed E-state index contributed by atoms with van der Waals surface area (Å²) in [7, 11) is 0. The molecular weight excluding hydrogens is 312 g/mol. The molecule has 0 aromatic heterocycles. The molecule has 0 bridgehead atoms. The molecule has 4 rings (SSSR count). The van der Waals surface area contributed by atoms with Crippen molar-refractivity contribution in [1.29, 1.82) is 0 Å². The zero-order chi connectivity index (χ0) is 17.7. The van der Waals surface area contributed by atoms with E-state index in [1.807, 2.05) is 12.1 Å². The highest BCUT2D eigenvalue weighted by Gasteiger charge is 2.31. The van der Waals surface area contributed by atoms with Crippen LogP contribution >= 0.6 is 0 Å². The van der Waals surface area contributed by atoms with Gasteiger partial charge in [0.05, 0.1) is 0 Å². The molecule has 25 heavy (non-hydrogen) atoms. The Balaban J connectivity index is 2.03. The van der Waals surface area contributed by atoms with Crippen molar-refractivity contribution in [2.45, 2.75) is 26.7 Å². The van der Waals surface area contributed by atoms with Crippen LogP contribution in [0.4, 0.5) is 0 Å². The second kappa shape index (κ2) is 5.55. The zero-order valence-electron chi connectivity index (χ0n) is 14.5. The predicted molar refractivity (Wildman–Crippen MR) is 97.9 cm³/mol. The Morgan fingerprint density at radius 2 is 1.20 bits per heavy atom. The van der Waals surface area contributed by atoms with E-state index in [4.69, 9.17) is 4.74 Å². The van der Waals surface area contributed by atoms with Gasteiger partial charge in [-0.05, 0) is 49.6 Å². The van der Waals surface area contributed by atoms with Crippen molar-refractivity contribution >= 4 is 0 Å². The Kier molecular flexibility index (Phi) is 3.46. The molecule has 0 spiro atoms. The minimum Gasteiger partial charge on any atom is -0.508 e. The highest BCUT2D eigenvalue weighted by atomic mass is 16.5. The van der Waals surface area contributed by atoms with Gasteiger partial charge in [-0.1, -0.05) is 29.8 Å². The molecule has 1 heterocycles. The van der Waals surface area contributed by atoms with E-state index in [-0.39, 0.29) is 17.4 Å². The van der Waals surface area contributed by atoms with E-state index in [0.29, 0.717) is 11.5 Å². The van der Waals surface area contributed by atoms with Crippen LogP contribution in [0.3, 0.4) is 0 Å². The Bertz CT molecular complexity index is 914. The zero-order valence-corrected chi connectivity index (χ0v) is 14.5. The van der Waals surface area contributed by atoms with Gasteiger partial charge in [0, 0.05) is 29.2 Å². The van der Waals surface area contributed by atoms with Crippen LogP contribution in [0.25, 0.3) is 0 Å². The van der Waals surface area contributed by atoms with Gasteiger partial charge in [0.25, 0.3) is 0 Å². The number of aryl methyl sites for hydroxylation is 3. The average Bonchev–Trinajstić information content (AvgIpc) is 2.52. The predicted octanol–water partition coefficient (Wildman–Crippen LogP) is 5.31. The van der Waals surface area contributed by atoms with Crippen molar-refractivity contribution in [2.75, 3.05) is 0 Å². The Hall–Kier alpha value is -2.94. The number of aromatic hydroxyl groups is 2. The first-order valence-corrected chi connectivity index (χ1v) is 8.35. The van der Waals surface area contributed by atoms with E-state index in [1.165, 1.54) is 22.3 Å². The number of fused-ring (bicyclic) bond motifs is 2. The van der Waals surface area contributed by atoms with Crippen LogP contribution < -0.4 is 4.74 Å². The van der Waals surface area contributed by atoms with E-state index < -0.39 is 0 Å². The first kappa shape index (κ1) is 15.6. The number of phenolic OH excluding ortho intramolecular Hbond substituents is 2. The summed E-state index contributed by atoms with van der Waals surface area (Å²) in [5.41, 5.74) is 6.97. The van der Waals surface area contributed by atoms with Crippen LogP contribution in [-0.2, 0) is 0 Å². The van der Waals surface area contributed by atoms with Crippen molar-refractivity contribution in [3.63, 3.8) is 0 Å². The highest BCUT2D eigenvalue weighted by molar-refractivity contribution is 5.62. The second-order valence-electron chi connectivity index (χ2n) is 6.79. The van der Waals surface area contributed by atoms with Crippen molar-refractivity contribution in [1.82, 2.24) is 0 Å². The minimum absolute atomic E-state index is 0.000509. The molecule has 0 radical (unpaired) electrons. The second-order valence-corrected chi connectivity index (χ2v) is 6.79. The van der Waals surface area contributed by atoms with E-state index in [0.717, 1.165) is 11.1 Å². The molecule has 0 aliphatic carbocycles. The Morgan fingerprint density at radius 1 is 0.720 bits per heavy atom. The first-order chi connectivity index (χ1) is 11.9. The smallest absolute Gasteiger partial charge is 0.135 e. The first-order valence-electron chi connectivity index (χ1n) is 8.35. The molecule has 0 atom stereocenters. The number of rotatable bonds is 1. The molecule has 1 aliphatic rings. The Labute approximate surface area is 147 Å². The van der Waals surface area contributed by atoms with E-state index in [9.17, 15) is 10.2 Å². The van der Waals surface area contributed by atoms with Crippen molar-refractivity contribution < 1.29 is 14.9 Å². The number of benzene rings is 3. The van der Waals surface area contributed by atoms with Crippen LogP contribution in [0.5, 0.6) is 23.0 Å².